The van der Waals surface area contributed by atoms with Crippen LogP contribution in [0.15, 0.2) is 108 Å². The molecule has 5 nitrogen and oxygen atoms in total. The number of benzene rings is 3. The first-order chi connectivity index (χ1) is 15.9. The van der Waals surface area contributed by atoms with Crippen molar-refractivity contribution in [1.82, 2.24) is 4.72 Å². The molecule has 0 saturated heterocycles. The van der Waals surface area contributed by atoms with Gasteiger partial charge in [0, 0.05) is 12.6 Å². The lowest BCUT2D eigenvalue weighted by molar-refractivity contribution is -0.134. The van der Waals surface area contributed by atoms with E-state index in [0.29, 0.717) is 6.42 Å². The number of carbonyl (C=O) groups is 1. The predicted molar refractivity (Wildman–Crippen MR) is 131 cm³/mol. The lowest BCUT2D eigenvalue weighted by Gasteiger charge is -2.15. The number of aryl methyl sites for hydroxylation is 1. The molecule has 0 atom stereocenters. The van der Waals surface area contributed by atoms with Crippen molar-refractivity contribution in [3.63, 3.8) is 0 Å². The molecule has 0 spiro atoms. The molecule has 0 aliphatic carbocycles. The minimum atomic E-state index is -3.65. The number of allylic oxidation sites excluding steroid dienone is 1. The lowest BCUT2D eigenvalue weighted by atomic mass is 9.91. The molecule has 0 fully saturated rings. The topological polar surface area (TPSA) is 72.5 Å². The standard InChI is InChI=1S/C27H27NO4S/c1-21-13-16-25(17-14-21)33(30,31)28-20-19-24(15-18-26(29)32-2)27(22-9-5-3-6-10-22)23-11-7-4-8-12-23/h3-18,28H,19-20H2,1-2H3/b18-15+. The van der Waals surface area contributed by atoms with E-state index >= 15 is 0 Å². The van der Waals surface area contributed by atoms with Crippen LogP contribution >= 0.6 is 0 Å². The summed E-state index contributed by atoms with van der Waals surface area (Å²) < 4.78 is 32.9. The number of carbonyl (C=O) groups excluding carboxylic acids is 1. The highest BCUT2D eigenvalue weighted by Crippen LogP contribution is 2.29. The summed E-state index contributed by atoms with van der Waals surface area (Å²) in [5, 5.41) is 0. The van der Waals surface area contributed by atoms with E-state index in [4.69, 9.17) is 4.74 Å². The van der Waals surface area contributed by atoms with E-state index in [1.165, 1.54) is 13.2 Å². The number of hydrogen-bond acceptors (Lipinski definition) is 4. The molecule has 0 amide bonds. The summed E-state index contributed by atoms with van der Waals surface area (Å²) in [7, 11) is -2.33. The Balaban J connectivity index is 1.97. The van der Waals surface area contributed by atoms with Crippen LogP contribution < -0.4 is 4.72 Å². The molecule has 33 heavy (non-hydrogen) atoms. The van der Waals surface area contributed by atoms with Crippen LogP contribution in [0.4, 0.5) is 0 Å². The highest BCUT2D eigenvalue weighted by Gasteiger charge is 2.15. The maximum atomic E-state index is 12.7. The fourth-order valence-electron chi connectivity index (χ4n) is 3.40. The molecule has 0 aliphatic rings. The maximum absolute atomic E-state index is 12.7. The Morgan fingerprint density at radius 1 is 0.848 bits per heavy atom. The first-order valence-corrected chi connectivity index (χ1v) is 12.1. The molecular formula is C27H27NO4S. The van der Waals surface area contributed by atoms with Crippen molar-refractivity contribution in [1.29, 1.82) is 0 Å². The van der Waals surface area contributed by atoms with Crippen molar-refractivity contribution >= 4 is 21.6 Å². The highest BCUT2D eigenvalue weighted by atomic mass is 32.2. The van der Waals surface area contributed by atoms with E-state index in [-0.39, 0.29) is 11.4 Å². The Hall–Kier alpha value is -3.48. The first kappa shape index (κ1) is 24.2. The largest absolute Gasteiger partial charge is 0.466 e. The molecule has 3 aromatic carbocycles. The van der Waals surface area contributed by atoms with Gasteiger partial charge in [-0.3, -0.25) is 0 Å². The van der Waals surface area contributed by atoms with E-state index in [1.807, 2.05) is 67.6 Å². The summed E-state index contributed by atoms with van der Waals surface area (Å²) in [5.74, 6) is -0.479. The second-order valence-corrected chi connectivity index (χ2v) is 9.22. The van der Waals surface area contributed by atoms with E-state index in [2.05, 4.69) is 4.72 Å². The Morgan fingerprint density at radius 3 is 1.91 bits per heavy atom. The molecule has 0 saturated carbocycles. The molecule has 0 aliphatic heterocycles. The molecule has 0 bridgehead atoms. The van der Waals surface area contributed by atoms with E-state index in [0.717, 1.165) is 27.8 Å². The Morgan fingerprint density at radius 2 is 1.39 bits per heavy atom. The minimum Gasteiger partial charge on any atom is -0.466 e. The zero-order valence-electron chi connectivity index (χ0n) is 18.7. The van der Waals surface area contributed by atoms with Crippen LogP contribution in [0.25, 0.3) is 5.57 Å². The summed E-state index contributed by atoms with van der Waals surface area (Å²) in [6.45, 7) is 2.07. The third-order valence-corrected chi connectivity index (χ3v) is 6.56. The number of esters is 1. The maximum Gasteiger partial charge on any atom is 0.330 e. The summed E-state index contributed by atoms with van der Waals surface area (Å²) in [6.07, 6.45) is 3.43. The molecule has 0 aromatic heterocycles. The molecule has 3 aromatic rings. The van der Waals surface area contributed by atoms with Gasteiger partial charge in [-0.1, -0.05) is 84.4 Å². The van der Waals surface area contributed by atoms with Crippen molar-refractivity contribution < 1.29 is 17.9 Å². The predicted octanol–water partition coefficient (Wildman–Crippen LogP) is 4.89. The van der Waals surface area contributed by atoms with Crippen LogP contribution in [0.2, 0.25) is 0 Å². The van der Waals surface area contributed by atoms with Gasteiger partial charge in [0.05, 0.1) is 12.0 Å². The van der Waals surface area contributed by atoms with Gasteiger partial charge in [-0.15, -0.1) is 0 Å². The Kier molecular flexibility index (Phi) is 8.35. The quantitative estimate of drug-likeness (QED) is 0.280. The van der Waals surface area contributed by atoms with Gasteiger partial charge >= 0.3 is 5.97 Å². The minimum absolute atomic E-state index is 0.167. The molecule has 6 heteroatoms. The number of sulfonamides is 1. The number of nitrogens with one attached hydrogen (secondary N) is 1. The second-order valence-electron chi connectivity index (χ2n) is 7.45. The summed E-state index contributed by atoms with van der Waals surface area (Å²) >= 11 is 0. The normalized spacial score (nSPS) is 11.3. The number of hydrogen-bond donors (Lipinski definition) is 1. The van der Waals surface area contributed by atoms with Crippen molar-refractivity contribution in [3.05, 3.63) is 119 Å². The van der Waals surface area contributed by atoms with Gasteiger partial charge in [0.15, 0.2) is 0 Å². The molecule has 0 radical (unpaired) electrons. The van der Waals surface area contributed by atoms with E-state index in [9.17, 15) is 13.2 Å². The van der Waals surface area contributed by atoms with Gasteiger partial charge in [0.1, 0.15) is 0 Å². The summed E-state index contributed by atoms with van der Waals surface area (Å²) in [4.78, 5) is 12.0. The molecule has 3 rings (SSSR count). The van der Waals surface area contributed by atoms with Crippen molar-refractivity contribution in [2.75, 3.05) is 13.7 Å². The van der Waals surface area contributed by atoms with Gasteiger partial charge < -0.3 is 4.74 Å². The fourth-order valence-corrected chi connectivity index (χ4v) is 4.43. The SMILES string of the molecule is COC(=O)/C=C/C(CCNS(=O)(=O)c1ccc(C)cc1)=C(c1ccccc1)c1ccccc1. The van der Waals surface area contributed by atoms with Gasteiger partial charge in [-0.05, 0) is 47.8 Å². The lowest BCUT2D eigenvalue weighted by Crippen LogP contribution is -2.25. The van der Waals surface area contributed by atoms with Gasteiger partial charge in [0.2, 0.25) is 10.0 Å². The van der Waals surface area contributed by atoms with Crippen molar-refractivity contribution in [3.8, 4) is 0 Å². The highest BCUT2D eigenvalue weighted by molar-refractivity contribution is 7.89. The van der Waals surface area contributed by atoms with Crippen molar-refractivity contribution in [2.24, 2.45) is 0 Å². The van der Waals surface area contributed by atoms with Crippen LogP contribution in [0.5, 0.6) is 0 Å². The second kappa shape index (κ2) is 11.4. The third kappa shape index (κ3) is 6.75. The van der Waals surface area contributed by atoms with E-state index < -0.39 is 16.0 Å². The average Bonchev–Trinajstić information content (AvgIpc) is 2.83. The molecule has 0 unspecified atom stereocenters. The van der Waals surface area contributed by atoms with Gasteiger partial charge in [-0.2, -0.15) is 0 Å². The zero-order valence-corrected chi connectivity index (χ0v) is 19.5. The van der Waals surface area contributed by atoms with Crippen LogP contribution in [0.3, 0.4) is 0 Å². The average molecular weight is 462 g/mol. The smallest absolute Gasteiger partial charge is 0.330 e. The van der Waals surface area contributed by atoms with Crippen LogP contribution in [0, 0.1) is 6.92 Å². The fraction of sp³-hybridized carbons (Fsp3) is 0.148. The Labute approximate surface area is 195 Å². The van der Waals surface area contributed by atoms with Gasteiger partial charge in [0.25, 0.3) is 0 Å². The summed E-state index contributed by atoms with van der Waals surface area (Å²) in [6, 6.07) is 26.3. The van der Waals surface area contributed by atoms with Gasteiger partial charge in [-0.25, -0.2) is 17.9 Å². The number of ether oxygens (including phenoxy) is 1. The summed E-state index contributed by atoms with van der Waals surface area (Å²) in [5.41, 5.74) is 4.65. The third-order valence-electron chi connectivity index (χ3n) is 5.09. The zero-order chi connectivity index (χ0) is 23.7. The van der Waals surface area contributed by atoms with Crippen LogP contribution in [-0.2, 0) is 19.6 Å². The monoisotopic (exact) mass is 461 g/mol. The first-order valence-electron chi connectivity index (χ1n) is 10.6. The number of methoxy groups -OCH3 is 1. The Bertz CT molecular complexity index is 1190. The van der Waals surface area contributed by atoms with Crippen LogP contribution in [-0.4, -0.2) is 28.0 Å². The van der Waals surface area contributed by atoms with Crippen LogP contribution in [0.1, 0.15) is 23.1 Å². The molecular weight excluding hydrogens is 434 g/mol. The van der Waals surface area contributed by atoms with Crippen molar-refractivity contribution in [2.45, 2.75) is 18.2 Å². The molecule has 0 heterocycles. The molecule has 1 N–H and O–H groups in total. The van der Waals surface area contributed by atoms with E-state index in [1.54, 1.807) is 30.3 Å². The molecule has 170 valence electrons. The number of rotatable bonds is 9.